The lowest BCUT2D eigenvalue weighted by atomic mass is 10.2. The Morgan fingerprint density at radius 1 is 1.06 bits per heavy atom. The molecular weight excluding hydrogens is 461 g/mol. The van der Waals surface area contributed by atoms with Crippen LogP contribution < -0.4 is 10.1 Å². The molecule has 170 valence electrons. The minimum atomic E-state index is -4.47. The lowest BCUT2D eigenvalue weighted by molar-refractivity contribution is -0.137. The molecule has 0 spiro atoms. The number of rotatable bonds is 7. The fraction of sp³-hybridized carbons (Fsp3) is 0.143. The molecule has 8 nitrogen and oxygen atoms in total. The molecule has 0 aliphatic heterocycles. The van der Waals surface area contributed by atoms with Crippen LogP contribution in [0.3, 0.4) is 0 Å². The number of amides is 1. The molecule has 0 saturated carbocycles. The Hall–Kier alpha value is -3.86. The van der Waals surface area contributed by atoms with Crippen molar-refractivity contribution in [1.29, 1.82) is 0 Å². The zero-order valence-electron chi connectivity index (χ0n) is 16.8. The summed E-state index contributed by atoms with van der Waals surface area (Å²) < 4.78 is 46.6. The van der Waals surface area contributed by atoms with Crippen LogP contribution in [0.2, 0.25) is 5.02 Å². The van der Waals surface area contributed by atoms with Crippen LogP contribution in [0, 0.1) is 0 Å². The molecule has 12 heteroatoms. The lowest BCUT2D eigenvalue weighted by Crippen LogP contribution is -2.15. The largest absolute Gasteiger partial charge is 0.471 e. The van der Waals surface area contributed by atoms with Crippen LogP contribution >= 0.6 is 11.6 Å². The smallest absolute Gasteiger partial charge is 0.416 e. The molecule has 0 radical (unpaired) electrons. The Kier molecular flexibility index (Phi) is 6.31. The number of anilines is 1. The monoisotopic (exact) mass is 476 g/mol. The Balaban J connectivity index is 1.33. The summed E-state index contributed by atoms with van der Waals surface area (Å²) in [7, 11) is 0. The summed E-state index contributed by atoms with van der Waals surface area (Å²) in [4.78, 5) is 16.5. The van der Waals surface area contributed by atoms with Gasteiger partial charge >= 0.3 is 6.18 Å². The molecule has 0 aliphatic carbocycles. The first-order valence-corrected chi connectivity index (χ1v) is 9.93. The maximum absolute atomic E-state index is 12.8. The maximum atomic E-state index is 12.8. The number of hydrogen-bond acceptors (Lipinski definition) is 5. The first-order valence-electron chi connectivity index (χ1n) is 9.55. The number of benzene rings is 2. The van der Waals surface area contributed by atoms with Crippen molar-refractivity contribution >= 4 is 23.5 Å². The van der Waals surface area contributed by atoms with E-state index in [0.717, 1.165) is 17.7 Å². The van der Waals surface area contributed by atoms with Gasteiger partial charge in [-0.25, -0.2) is 14.3 Å². The summed E-state index contributed by atoms with van der Waals surface area (Å²) >= 11 is 5.87. The summed E-state index contributed by atoms with van der Waals surface area (Å²) in [6.07, 6.45) is -1.52. The lowest BCUT2D eigenvalue weighted by Gasteiger charge is -2.10. The van der Waals surface area contributed by atoms with Crippen molar-refractivity contribution < 1.29 is 22.7 Å². The van der Waals surface area contributed by atoms with E-state index in [0.29, 0.717) is 11.6 Å². The molecule has 2 heterocycles. The van der Waals surface area contributed by atoms with Gasteiger partial charge < -0.3 is 4.74 Å². The van der Waals surface area contributed by atoms with Gasteiger partial charge in [0.25, 0.3) is 5.91 Å². The predicted octanol–water partition coefficient (Wildman–Crippen LogP) is 4.48. The van der Waals surface area contributed by atoms with E-state index in [-0.39, 0.29) is 24.1 Å². The number of aromatic nitrogens is 5. The second-order valence-corrected chi connectivity index (χ2v) is 7.32. The topological polar surface area (TPSA) is 86.9 Å². The molecule has 0 bridgehead atoms. The van der Waals surface area contributed by atoms with Crippen LogP contribution in [0.15, 0.2) is 67.1 Å². The maximum Gasteiger partial charge on any atom is 0.416 e. The van der Waals surface area contributed by atoms with Gasteiger partial charge in [0.15, 0.2) is 12.4 Å². The highest BCUT2D eigenvalue weighted by atomic mass is 35.5. The molecule has 4 aromatic rings. The van der Waals surface area contributed by atoms with Crippen LogP contribution in [0.1, 0.15) is 21.6 Å². The van der Waals surface area contributed by atoms with Crippen molar-refractivity contribution in [2.45, 2.75) is 19.5 Å². The number of hydrogen-bond donors (Lipinski definition) is 1. The molecular formula is C21H16ClF3N6O2. The van der Waals surface area contributed by atoms with E-state index in [4.69, 9.17) is 16.3 Å². The summed E-state index contributed by atoms with van der Waals surface area (Å²) in [6, 6.07) is 13.2. The molecule has 1 amide bonds. The number of nitrogens with one attached hydrogen (secondary N) is 1. The summed E-state index contributed by atoms with van der Waals surface area (Å²) in [5.74, 6) is -0.414. The number of alkyl halides is 3. The molecule has 2 aromatic heterocycles. The SMILES string of the molecule is O=C(Nc1ncn(Cc2ccc(Cl)cc2)n1)c1ccn(COc2cccc(C(F)(F)F)c2)n1. The van der Waals surface area contributed by atoms with Crippen LogP contribution in [-0.2, 0) is 19.5 Å². The highest BCUT2D eigenvalue weighted by Gasteiger charge is 2.30. The summed E-state index contributed by atoms with van der Waals surface area (Å²) in [5.41, 5.74) is 0.210. The molecule has 0 atom stereocenters. The minimum absolute atomic E-state index is 0.0294. The average Bonchev–Trinajstić information content (AvgIpc) is 3.43. The van der Waals surface area contributed by atoms with E-state index in [1.807, 2.05) is 12.1 Å². The Morgan fingerprint density at radius 3 is 2.61 bits per heavy atom. The van der Waals surface area contributed by atoms with Crippen LogP contribution in [0.5, 0.6) is 5.75 Å². The highest BCUT2D eigenvalue weighted by Crippen LogP contribution is 2.31. The third-order valence-corrected chi connectivity index (χ3v) is 4.67. The average molecular weight is 477 g/mol. The normalized spacial score (nSPS) is 11.4. The van der Waals surface area contributed by atoms with Crippen molar-refractivity contribution in [3.8, 4) is 5.75 Å². The van der Waals surface area contributed by atoms with E-state index in [1.165, 1.54) is 35.4 Å². The third-order valence-electron chi connectivity index (χ3n) is 4.42. The zero-order valence-corrected chi connectivity index (χ0v) is 17.6. The quantitative estimate of drug-likeness (QED) is 0.425. The van der Waals surface area contributed by atoms with E-state index < -0.39 is 17.6 Å². The van der Waals surface area contributed by atoms with E-state index in [9.17, 15) is 18.0 Å². The summed E-state index contributed by atoms with van der Waals surface area (Å²) in [5, 5.41) is 11.4. The minimum Gasteiger partial charge on any atom is -0.471 e. The van der Waals surface area contributed by atoms with Gasteiger partial charge in [0, 0.05) is 11.2 Å². The zero-order chi connectivity index (χ0) is 23.4. The van der Waals surface area contributed by atoms with Crippen molar-refractivity contribution in [2.75, 3.05) is 5.32 Å². The molecule has 33 heavy (non-hydrogen) atoms. The van der Waals surface area contributed by atoms with Gasteiger partial charge in [-0.1, -0.05) is 29.8 Å². The van der Waals surface area contributed by atoms with Gasteiger partial charge in [-0.15, -0.1) is 5.10 Å². The van der Waals surface area contributed by atoms with Crippen molar-refractivity contribution in [3.63, 3.8) is 0 Å². The highest BCUT2D eigenvalue weighted by molar-refractivity contribution is 6.30. The van der Waals surface area contributed by atoms with Crippen LogP contribution in [0.4, 0.5) is 19.1 Å². The molecule has 1 N–H and O–H groups in total. The second-order valence-electron chi connectivity index (χ2n) is 6.89. The van der Waals surface area contributed by atoms with E-state index >= 15 is 0 Å². The number of carbonyl (C=O) groups excluding carboxylic acids is 1. The summed E-state index contributed by atoms with van der Waals surface area (Å²) in [6.45, 7) is 0.268. The van der Waals surface area contributed by atoms with Gasteiger partial charge in [0.2, 0.25) is 5.95 Å². The predicted molar refractivity (Wildman–Crippen MR) is 113 cm³/mol. The standard InChI is InChI=1S/C21H16ClF3N6O2/c22-16-6-4-14(5-7-16)11-31-12-26-20(29-31)27-19(32)18-8-9-30(28-18)13-33-17-3-1-2-15(10-17)21(23,24)25/h1-10,12H,11,13H2,(H,27,29,32). The van der Waals surface area contributed by atoms with Crippen LogP contribution in [-0.4, -0.2) is 30.5 Å². The third kappa shape index (κ3) is 5.89. The number of nitrogens with zero attached hydrogens (tertiary/aromatic N) is 5. The van der Waals surface area contributed by atoms with E-state index in [1.54, 1.807) is 16.8 Å². The van der Waals surface area contributed by atoms with Crippen molar-refractivity contribution in [1.82, 2.24) is 24.5 Å². The van der Waals surface area contributed by atoms with Gasteiger partial charge in [0.05, 0.1) is 12.1 Å². The Labute approximate surface area is 190 Å². The first kappa shape index (κ1) is 22.3. The molecule has 4 rings (SSSR count). The second kappa shape index (κ2) is 9.33. The molecule has 0 saturated heterocycles. The van der Waals surface area contributed by atoms with Gasteiger partial charge in [-0.2, -0.15) is 18.3 Å². The van der Waals surface area contributed by atoms with Gasteiger partial charge in [-0.05, 0) is 42.0 Å². The molecule has 0 fully saturated rings. The Morgan fingerprint density at radius 2 is 1.85 bits per heavy atom. The number of halogens is 4. The molecule has 0 aliphatic rings. The number of ether oxygens (including phenoxy) is 1. The fourth-order valence-electron chi connectivity index (χ4n) is 2.83. The fourth-order valence-corrected chi connectivity index (χ4v) is 2.95. The van der Waals surface area contributed by atoms with Crippen molar-refractivity contribution in [2.24, 2.45) is 0 Å². The van der Waals surface area contributed by atoms with Crippen LogP contribution in [0.25, 0.3) is 0 Å². The first-order chi connectivity index (χ1) is 15.8. The van der Waals surface area contributed by atoms with Gasteiger partial charge in [-0.3, -0.25) is 10.1 Å². The van der Waals surface area contributed by atoms with Gasteiger partial charge in [0.1, 0.15) is 12.1 Å². The van der Waals surface area contributed by atoms with E-state index in [2.05, 4.69) is 20.5 Å². The number of carbonyl (C=O) groups is 1. The van der Waals surface area contributed by atoms with Crippen molar-refractivity contribution in [3.05, 3.63) is 89.0 Å². The molecule has 2 aromatic carbocycles. The molecule has 0 unspecified atom stereocenters. The Bertz CT molecular complexity index is 1250.